The predicted octanol–water partition coefficient (Wildman–Crippen LogP) is 4.73. The number of nitrogens with zero attached hydrogens (tertiary/aromatic N) is 5. The first kappa shape index (κ1) is 24.2. The number of hydrogen-bond acceptors (Lipinski definition) is 5. The van der Waals surface area contributed by atoms with E-state index < -0.39 is 11.7 Å². The number of carbonyl (C=O) groups excluding carboxylic acids is 1. The molecule has 0 aliphatic heterocycles. The van der Waals surface area contributed by atoms with Gasteiger partial charge in [0.1, 0.15) is 11.5 Å². The Balaban J connectivity index is 1.85. The number of benzene rings is 1. The summed E-state index contributed by atoms with van der Waals surface area (Å²) < 4.78 is 38.4. The maximum absolute atomic E-state index is 13.6. The molecule has 0 aliphatic carbocycles. The fraction of sp³-hybridized carbons (Fsp3) is 0.391. The molecule has 1 N–H and O–H groups in total. The Kier molecular flexibility index (Phi) is 7.35. The van der Waals surface area contributed by atoms with Gasteiger partial charge in [-0.3, -0.25) is 4.79 Å². The molecular formula is C23H27F3N6O. The molecule has 3 aromatic rings. The van der Waals surface area contributed by atoms with Crippen LogP contribution in [0.15, 0.2) is 48.9 Å². The summed E-state index contributed by atoms with van der Waals surface area (Å²) in [6.07, 6.45) is 0.0975. The zero-order valence-corrected chi connectivity index (χ0v) is 19.0. The van der Waals surface area contributed by atoms with Crippen molar-refractivity contribution in [2.45, 2.75) is 52.4 Å². The van der Waals surface area contributed by atoms with E-state index in [1.165, 1.54) is 10.9 Å². The first-order chi connectivity index (χ1) is 15.7. The van der Waals surface area contributed by atoms with Gasteiger partial charge >= 0.3 is 6.18 Å². The van der Waals surface area contributed by atoms with Crippen LogP contribution >= 0.6 is 0 Å². The summed E-state index contributed by atoms with van der Waals surface area (Å²) in [5, 5.41) is 11.5. The SMILES string of the molecule is CCC(C(C)Nc1ccc(C(F)(F)F)cn1)N(CC)C(=O)c1cccc(C)c1-n1nccn1. The number of pyridine rings is 1. The molecule has 0 saturated heterocycles. The highest BCUT2D eigenvalue weighted by atomic mass is 19.4. The number of nitrogens with one attached hydrogen (secondary N) is 1. The summed E-state index contributed by atoms with van der Waals surface area (Å²) in [7, 11) is 0. The molecule has 3 rings (SSSR count). The molecule has 176 valence electrons. The van der Waals surface area contributed by atoms with Crippen LogP contribution in [0, 0.1) is 6.92 Å². The Morgan fingerprint density at radius 3 is 2.39 bits per heavy atom. The molecule has 7 nitrogen and oxygen atoms in total. The molecule has 0 fully saturated rings. The lowest BCUT2D eigenvalue weighted by Crippen LogP contribution is -2.48. The van der Waals surface area contributed by atoms with E-state index in [0.717, 1.165) is 17.8 Å². The second kappa shape index (κ2) is 10.0. The van der Waals surface area contributed by atoms with Crippen molar-refractivity contribution in [1.82, 2.24) is 24.9 Å². The van der Waals surface area contributed by atoms with Gasteiger partial charge in [0.25, 0.3) is 5.91 Å². The number of anilines is 1. The number of alkyl halides is 3. The lowest BCUT2D eigenvalue weighted by Gasteiger charge is -2.35. The van der Waals surface area contributed by atoms with Crippen LogP contribution in [0.1, 0.15) is 48.7 Å². The van der Waals surface area contributed by atoms with Crippen molar-refractivity contribution in [3.8, 4) is 5.69 Å². The van der Waals surface area contributed by atoms with Gasteiger partial charge < -0.3 is 10.2 Å². The monoisotopic (exact) mass is 460 g/mol. The van der Waals surface area contributed by atoms with Gasteiger partial charge in [0.2, 0.25) is 0 Å². The van der Waals surface area contributed by atoms with Crippen LogP contribution in [0.5, 0.6) is 0 Å². The van der Waals surface area contributed by atoms with Gasteiger partial charge in [-0.15, -0.1) is 0 Å². The highest BCUT2D eigenvalue weighted by molar-refractivity contribution is 5.98. The Morgan fingerprint density at radius 2 is 1.85 bits per heavy atom. The summed E-state index contributed by atoms with van der Waals surface area (Å²) in [4.78, 5) is 20.7. The second-order valence-electron chi connectivity index (χ2n) is 7.72. The van der Waals surface area contributed by atoms with E-state index >= 15 is 0 Å². The number of likely N-dealkylation sites (N-methyl/N-ethyl adjacent to an activating group) is 1. The molecule has 2 heterocycles. The normalized spacial score (nSPS) is 13.4. The van der Waals surface area contributed by atoms with E-state index in [9.17, 15) is 18.0 Å². The number of hydrogen-bond donors (Lipinski definition) is 1. The summed E-state index contributed by atoms with van der Waals surface area (Å²) in [6.45, 7) is 8.08. The van der Waals surface area contributed by atoms with Crippen LogP contribution < -0.4 is 5.32 Å². The average Bonchev–Trinajstić information content (AvgIpc) is 3.30. The van der Waals surface area contributed by atoms with Crippen LogP contribution in [-0.2, 0) is 6.18 Å². The van der Waals surface area contributed by atoms with Gasteiger partial charge in [0, 0.05) is 18.8 Å². The van der Waals surface area contributed by atoms with Gasteiger partial charge in [-0.1, -0.05) is 19.1 Å². The number of halogens is 3. The summed E-state index contributed by atoms with van der Waals surface area (Å²) >= 11 is 0. The minimum absolute atomic E-state index is 0.172. The van der Waals surface area contributed by atoms with Gasteiger partial charge in [-0.2, -0.15) is 28.2 Å². The molecule has 2 atom stereocenters. The first-order valence-electron chi connectivity index (χ1n) is 10.7. The maximum atomic E-state index is 13.6. The average molecular weight is 461 g/mol. The number of para-hydroxylation sites is 1. The fourth-order valence-corrected chi connectivity index (χ4v) is 3.93. The van der Waals surface area contributed by atoms with Gasteiger partial charge in [-0.25, -0.2) is 4.98 Å². The van der Waals surface area contributed by atoms with E-state index in [0.29, 0.717) is 30.0 Å². The molecule has 0 bridgehead atoms. The van der Waals surface area contributed by atoms with Crippen molar-refractivity contribution in [2.75, 3.05) is 11.9 Å². The van der Waals surface area contributed by atoms with Crippen molar-refractivity contribution in [3.05, 3.63) is 65.6 Å². The number of rotatable bonds is 8. The Labute approximate surface area is 190 Å². The largest absolute Gasteiger partial charge is 0.417 e. The van der Waals surface area contributed by atoms with E-state index in [4.69, 9.17) is 0 Å². The number of amides is 1. The lowest BCUT2D eigenvalue weighted by molar-refractivity contribution is -0.137. The van der Waals surface area contributed by atoms with Crippen LogP contribution in [0.3, 0.4) is 0 Å². The minimum Gasteiger partial charge on any atom is -0.366 e. The van der Waals surface area contributed by atoms with Crippen LogP contribution in [0.4, 0.5) is 19.0 Å². The summed E-state index contributed by atoms with van der Waals surface area (Å²) in [6, 6.07) is 7.25. The molecule has 10 heteroatoms. The van der Waals surface area contributed by atoms with E-state index in [2.05, 4.69) is 20.5 Å². The fourth-order valence-electron chi connectivity index (χ4n) is 3.93. The smallest absolute Gasteiger partial charge is 0.366 e. The Hall–Kier alpha value is -3.43. The molecule has 0 saturated carbocycles. The molecule has 33 heavy (non-hydrogen) atoms. The first-order valence-corrected chi connectivity index (χ1v) is 10.7. The number of aryl methyl sites for hydroxylation is 1. The van der Waals surface area contributed by atoms with E-state index in [-0.39, 0.29) is 18.0 Å². The third-order valence-corrected chi connectivity index (χ3v) is 5.55. The minimum atomic E-state index is -4.44. The van der Waals surface area contributed by atoms with E-state index in [1.54, 1.807) is 23.4 Å². The zero-order valence-electron chi connectivity index (χ0n) is 19.0. The molecule has 0 radical (unpaired) electrons. The molecule has 0 aliphatic rings. The predicted molar refractivity (Wildman–Crippen MR) is 119 cm³/mol. The molecule has 1 aromatic carbocycles. The highest BCUT2D eigenvalue weighted by Crippen LogP contribution is 2.29. The summed E-state index contributed by atoms with van der Waals surface area (Å²) in [5.74, 6) is 0.142. The highest BCUT2D eigenvalue weighted by Gasteiger charge is 2.32. The quantitative estimate of drug-likeness (QED) is 0.526. The van der Waals surface area contributed by atoms with Gasteiger partial charge in [0.05, 0.1) is 29.6 Å². The Bertz CT molecular complexity index is 1070. The zero-order chi connectivity index (χ0) is 24.2. The van der Waals surface area contributed by atoms with Crippen molar-refractivity contribution in [2.24, 2.45) is 0 Å². The van der Waals surface area contributed by atoms with Crippen LogP contribution in [-0.4, -0.2) is 49.4 Å². The summed E-state index contributed by atoms with van der Waals surface area (Å²) in [5.41, 5.74) is 1.15. The molecule has 2 aromatic heterocycles. The van der Waals surface area contributed by atoms with E-state index in [1.807, 2.05) is 39.8 Å². The standard InChI is InChI=1S/C23H27F3N6O/c1-5-19(16(4)30-20-11-10-17(14-27-20)23(24,25)26)31(6-2)22(33)18-9-7-8-15(3)21(18)32-28-12-13-29-32/h7-14,16,19H,5-6H2,1-4H3,(H,27,30). The van der Waals surface area contributed by atoms with Crippen molar-refractivity contribution in [3.63, 3.8) is 0 Å². The maximum Gasteiger partial charge on any atom is 0.417 e. The Morgan fingerprint density at radius 1 is 1.15 bits per heavy atom. The molecule has 1 amide bonds. The van der Waals surface area contributed by atoms with Crippen LogP contribution in [0.2, 0.25) is 0 Å². The number of aromatic nitrogens is 4. The van der Waals surface area contributed by atoms with Crippen molar-refractivity contribution >= 4 is 11.7 Å². The molecule has 0 spiro atoms. The second-order valence-corrected chi connectivity index (χ2v) is 7.72. The number of carbonyl (C=O) groups is 1. The lowest BCUT2D eigenvalue weighted by atomic mass is 10.0. The third kappa shape index (κ3) is 5.32. The van der Waals surface area contributed by atoms with Crippen LogP contribution in [0.25, 0.3) is 5.69 Å². The molecule has 2 unspecified atom stereocenters. The van der Waals surface area contributed by atoms with Crippen molar-refractivity contribution in [1.29, 1.82) is 0 Å². The van der Waals surface area contributed by atoms with Gasteiger partial charge in [0.15, 0.2) is 0 Å². The molecular weight excluding hydrogens is 433 g/mol. The van der Waals surface area contributed by atoms with Crippen molar-refractivity contribution < 1.29 is 18.0 Å². The third-order valence-electron chi connectivity index (χ3n) is 5.55. The topological polar surface area (TPSA) is 75.9 Å². The van der Waals surface area contributed by atoms with Gasteiger partial charge in [-0.05, 0) is 51.0 Å².